The molecule has 0 aliphatic heterocycles. The van der Waals surface area contributed by atoms with E-state index in [4.69, 9.17) is 4.74 Å². The molecule has 4 aromatic rings. The molecule has 0 spiro atoms. The van der Waals surface area contributed by atoms with Crippen molar-refractivity contribution in [1.82, 2.24) is 4.98 Å². The molecule has 1 unspecified atom stereocenters. The van der Waals surface area contributed by atoms with Gasteiger partial charge in [0.1, 0.15) is 5.75 Å². The molecule has 0 radical (unpaired) electrons. The number of aliphatic hydroxyl groups is 1. The van der Waals surface area contributed by atoms with Gasteiger partial charge in [-0.15, -0.1) is 11.3 Å². The highest BCUT2D eigenvalue weighted by molar-refractivity contribution is 7.22. The minimum absolute atomic E-state index is 0.0978. The van der Waals surface area contributed by atoms with Crippen LogP contribution in [-0.2, 0) is 0 Å². The maximum absolute atomic E-state index is 14.2. The van der Waals surface area contributed by atoms with Crippen LogP contribution in [0.4, 0.5) is 10.1 Å². The highest BCUT2D eigenvalue weighted by Gasteiger charge is 2.15. The summed E-state index contributed by atoms with van der Waals surface area (Å²) in [5.74, 6) is -0.492. The van der Waals surface area contributed by atoms with Crippen LogP contribution in [0, 0.1) is 15.9 Å². The third-order valence-electron chi connectivity index (χ3n) is 4.40. The van der Waals surface area contributed by atoms with E-state index >= 15 is 0 Å². The first kappa shape index (κ1) is 19.0. The lowest BCUT2D eigenvalue weighted by Gasteiger charge is -2.07. The Hall–Kier alpha value is -3.36. The average molecular weight is 410 g/mol. The minimum Gasteiger partial charge on any atom is -0.453 e. The van der Waals surface area contributed by atoms with Gasteiger partial charge in [-0.25, -0.2) is 4.39 Å². The van der Waals surface area contributed by atoms with E-state index in [0.29, 0.717) is 11.3 Å². The summed E-state index contributed by atoms with van der Waals surface area (Å²) in [5.41, 5.74) is 2.15. The molecular weight excluding hydrogens is 395 g/mol. The second-order valence-electron chi connectivity index (χ2n) is 6.41. The predicted molar refractivity (Wildman–Crippen MR) is 109 cm³/mol. The zero-order chi connectivity index (χ0) is 20.5. The predicted octanol–water partition coefficient (Wildman–Crippen LogP) is 5.86. The first-order valence-corrected chi connectivity index (χ1v) is 9.53. The van der Waals surface area contributed by atoms with Crippen LogP contribution >= 0.6 is 11.3 Å². The van der Waals surface area contributed by atoms with Crippen molar-refractivity contribution in [2.24, 2.45) is 0 Å². The van der Waals surface area contributed by atoms with E-state index in [-0.39, 0.29) is 11.4 Å². The van der Waals surface area contributed by atoms with Gasteiger partial charge in [0.05, 0.1) is 27.3 Å². The Bertz CT molecular complexity index is 1210. The topological polar surface area (TPSA) is 85.5 Å². The summed E-state index contributed by atoms with van der Waals surface area (Å²) in [5, 5.41) is 20.4. The second-order valence-corrected chi connectivity index (χ2v) is 7.46. The number of nitro benzene ring substituents is 1. The van der Waals surface area contributed by atoms with Crippen LogP contribution < -0.4 is 4.74 Å². The number of non-ortho nitro benzene ring substituents is 1. The van der Waals surface area contributed by atoms with E-state index in [1.807, 2.05) is 30.3 Å². The van der Waals surface area contributed by atoms with Gasteiger partial charge in [-0.2, -0.15) is 0 Å². The molecular formula is C21H15FN2O4S. The molecule has 1 N–H and O–H groups in total. The number of benzene rings is 2. The van der Waals surface area contributed by atoms with Gasteiger partial charge in [0.2, 0.25) is 0 Å². The molecule has 0 saturated carbocycles. The van der Waals surface area contributed by atoms with Crippen LogP contribution in [0.15, 0.2) is 60.8 Å². The van der Waals surface area contributed by atoms with Gasteiger partial charge in [-0.3, -0.25) is 15.1 Å². The summed E-state index contributed by atoms with van der Waals surface area (Å²) in [7, 11) is 0. The monoisotopic (exact) mass is 410 g/mol. The van der Waals surface area contributed by atoms with Crippen LogP contribution in [0.1, 0.15) is 18.6 Å². The number of nitro groups is 1. The first-order chi connectivity index (χ1) is 13.9. The molecule has 0 aliphatic carbocycles. The summed E-state index contributed by atoms with van der Waals surface area (Å²) in [6.07, 6.45) is 1.03. The molecule has 1 atom stereocenters. The largest absolute Gasteiger partial charge is 0.453 e. The summed E-state index contributed by atoms with van der Waals surface area (Å²) >= 11 is 1.44. The third-order valence-corrected chi connectivity index (χ3v) is 5.59. The zero-order valence-corrected chi connectivity index (χ0v) is 16.0. The number of hydrogen-bond donors (Lipinski definition) is 1. The number of fused-ring (bicyclic) bond motifs is 1. The average Bonchev–Trinajstić information content (AvgIpc) is 3.14. The number of hydrogen-bond acceptors (Lipinski definition) is 6. The highest BCUT2D eigenvalue weighted by Crippen LogP contribution is 2.40. The van der Waals surface area contributed by atoms with E-state index < -0.39 is 16.8 Å². The van der Waals surface area contributed by atoms with E-state index in [2.05, 4.69) is 4.98 Å². The molecule has 146 valence electrons. The maximum atomic E-state index is 14.2. The molecule has 0 saturated heterocycles. The van der Waals surface area contributed by atoms with Crippen molar-refractivity contribution >= 4 is 27.2 Å². The number of halogens is 1. The Morgan fingerprint density at radius 3 is 2.55 bits per heavy atom. The number of aromatic nitrogens is 1. The second kappa shape index (κ2) is 7.57. The van der Waals surface area contributed by atoms with Crippen LogP contribution in [0.2, 0.25) is 0 Å². The molecule has 6 nitrogen and oxygen atoms in total. The summed E-state index contributed by atoms with van der Waals surface area (Å²) in [6.45, 7) is 1.71. The molecule has 2 aromatic heterocycles. The fourth-order valence-electron chi connectivity index (χ4n) is 2.87. The Balaban J connectivity index is 1.69. The van der Waals surface area contributed by atoms with Gasteiger partial charge in [0.15, 0.2) is 11.6 Å². The zero-order valence-electron chi connectivity index (χ0n) is 15.2. The van der Waals surface area contributed by atoms with Crippen molar-refractivity contribution in [2.75, 3.05) is 0 Å². The SMILES string of the molecule is CC(O)c1ccc(-c2cc3nccc(Oc4ccc([N+](=O)[O-])cc4F)c3s2)cc1. The molecule has 2 aromatic carbocycles. The lowest BCUT2D eigenvalue weighted by Crippen LogP contribution is -1.92. The molecule has 2 heterocycles. The molecule has 0 amide bonds. The lowest BCUT2D eigenvalue weighted by molar-refractivity contribution is -0.385. The normalized spacial score (nSPS) is 12.1. The van der Waals surface area contributed by atoms with E-state index in [1.165, 1.54) is 23.5 Å². The number of nitrogens with zero attached hydrogens (tertiary/aromatic N) is 2. The molecule has 0 aliphatic rings. The van der Waals surface area contributed by atoms with Crippen molar-refractivity contribution in [1.29, 1.82) is 0 Å². The van der Waals surface area contributed by atoms with E-state index in [1.54, 1.807) is 19.2 Å². The molecule has 0 fully saturated rings. The number of thiophene rings is 1. The molecule has 0 bridgehead atoms. The maximum Gasteiger partial charge on any atom is 0.272 e. The number of aliphatic hydroxyl groups excluding tert-OH is 1. The Kier molecular flexibility index (Phi) is 4.96. The first-order valence-electron chi connectivity index (χ1n) is 8.71. The van der Waals surface area contributed by atoms with Gasteiger partial charge < -0.3 is 9.84 Å². The summed E-state index contributed by atoms with van der Waals surface area (Å²) < 4.78 is 20.6. The quantitative estimate of drug-likeness (QED) is 0.329. The molecule has 4 rings (SSSR count). The Morgan fingerprint density at radius 2 is 1.90 bits per heavy atom. The number of ether oxygens (including phenoxy) is 1. The van der Waals surface area contributed by atoms with Crippen molar-refractivity contribution in [3.8, 4) is 21.9 Å². The standard InChI is InChI=1S/C21H15FN2O4S/c1-12(25)13-2-4-14(5-3-13)20-11-17-21(29-20)19(8-9-23-17)28-18-7-6-15(24(26)27)10-16(18)22/h2-12,25H,1H3. The van der Waals surface area contributed by atoms with Crippen LogP contribution in [0.5, 0.6) is 11.5 Å². The smallest absolute Gasteiger partial charge is 0.272 e. The van der Waals surface area contributed by atoms with Crippen molar-refractivity contribution in [3.05, 3.63) is 82.3 Å². The third kappa shape index (κ3) is 3.80. The summed E-state index contributed by atoms with van der Waals surface area (Å²) in [6, 6.07) is 14.4. The fraction of sp³-hybridized carbons (Fsp3) is 0.0952. The highest BCUT2D eigenvalue weighted by atomic mass is 32.1. The molecule has 29 heavy (non-hydrogen) atoms. The van der Waals surface area contributed by atoms with Crippen LogP contribution in [0.3, 0.4) is 0 Å². The Labute approximate surface area is 169 Å². The minimum atomic E-state index is -0.811. The van der Waals surface area contributed by atoms with Crippen LogP contribution in [-0.4, -0.2) is 15.0 Å². The van der Waals surface area contributed by atoms with Gasteiger partial charge >= 0.3 is 0 Å². The van der Waals surface area contributed by atoms with Gasteiger partial charge in [0, 0.05) is 23.2 Å². The van der Waals surface area contributed by atoms with Gasteiger partial charge in [-0.05, 0) is 30.2 Å². The van der Waals surface area contributed by atoms with Crippen molar-refractivity contribution in [2.45, 2.75) is 13.0 Å². The van der Waals surface area contributed by atoms with Crippen LogP contribution in [0.25, 0.3) is 20.7 Å². The van der Waals surface area contributed by atoms with Crippen molar-refractivity contribution < 1.29 is 19.2 Å². The van der Waals surface area contributed by atoms with E-state index in [0.717, 1.165) is 26.8 Å². The Morgan fingerprint density at radius 1 is 1.14 bits per heavy atom. The van der Waals surface area contributed by atoms with Crippen molar-refractivity contribution in [3.63, 3.8) is 0 Å². The number of pyridine rings is 1. The van der Waals surface area contributed by atoms with Gasteiger partial charge in [0.25, 0.3) is 5.69 Å². The van der Waals surface area contributed by atoms with E-state index in [9.17, 15) is 19.6 Å². The summed E-state index contributed by atoms with van der Waals surface area (Å²) in [4.78, 5) is 15.4. The lowest BCUT2D eigenvalue weighted by atomic mass is 10.1. The fourth-order valence-corrected chi connectivity index (χ4v) is 3.94. The van der Waals surface area contributed by atoms with Gasteiger partial charge in [-0.1, -0.05) is 24.3 Å². The molecule has 8 heteroatoms. The number of rotatable bonds is 5.